The van der Waals surface area contributed by atoms with Gasteiger partial charge in [0.15, 0.2) is 0 Å². The van der Waals surface area contributed by atoms with Crippen molar-refractivity contribution in [3.63, 3.8) is 0 Å². The molecule has 0 saturated heterocycles. The highest BCUT2D eigenvalue weighted by atomic mass is 35.5. The standard InChI is InChI=1S/C15H12ClNO4/c16-12-6-8-13(9-7-12)21-15(18)10-5-11-3-1-2-4-14(11)17(19)20/h1-4,6-9H,5,10H2. The molecule has 2 aromatic rings. The maximum atomic E-state index is 11.7. The maximum Gasteiger partial charge on any atom is 0.311 e. The van der Waals surface area contributed by atoms with Crippen LogP contribution < -0.4 is 4.74 Å². The smallest absolute Gasteiger partial charge is 0.311 e. The quantitative estimate of drug-likeness (QED) is 0.365. The highest BCUT2D eigenvalue weighted by molar-refractivity contribution is 6.30. The third-order valence-corrected chi connectivity index (χ3v) is 3.08. The first-order valence-electron chi connectivity index (χ1n) is 6.25. The molecular weight excluding hydrogens is 294 g/mol. The number of ether oxygens (including phenoxy) is 1. The van der Waals surface area contributed by atoms with Crippen molar-refractivity contribution < 1.29 is 14.5 Å². The summed E-state index contributed by atoms with van der Waals surface area (Å²) in [6.45, 7) is 0. The largest absolute Gasteiger partial charge is 0.427 e. The van der Waals surface area contributed by atoms with E-state index in [4.69, 9.17) is 16.3 Å². The summed E-state index contributed by atoms with van der Waals surface area (Å²) in [5.41, 5.74) is 0.521. The third-order valence-electron chi connectivity index (χ3n) is 2.83. The van der Waals surface area contributed by atoms with Crippen molar-refractivity contribution in [1.82, 2.24) is 0 Å². The van der Waals surface area contributed by atoms with Gasteiger partial charge in [-0.25, -0.2) is 0 Å². The molecule has 0 amide bonds. The van der Waals surface area contributed by atoms with Crippen LogP contribution in [0, 0.1) is 10.1 Å². The van der Waals surface area contributed by atoms with Crippen molar-refractivity contribution in [3.8, 4) is 5.75 Å². The van der Waals surface area contributed by atoms with Gasteiger partial charge >= 0.3 is 5.97 Å². The summed E-state index contributed by atoms with van der Waals surface area (Å²) in [5, 5.41) is 11.4. The highest BCUT2D eigenvalue weighted by Crippen LogP contribution is 2.20. The Morgan fingerprint density at radius 1 is 1.14 bits per heavy atom. The van der Waals surface area contributed by atoms with Crippen LogP contribution in [0.15, 0.2) is 48.5 Å². The molecule has 0 saturated carbocycles. The molecular formula is C15H12ClNO4. The third kappa shape index (κ3) is 4.29. The number of halogens is 1. The van der Waals surface area contributed by atoms with Gasteiger partial charge in [0, 0.05) is 16.7 Å². The minimum atomic E-state index is -0.458. The van der Waals surface area contributed by atoms with Gasteiger partial charge in [-0.15, -0.1) is 0 Å². The van der Waals surface area contributed by atoms with Gasteiger partial charge in [-0.3, -0.25) is 14.9 Å². The van der Waals surface area contributed by atoms with Gasteiger partial charge in [0.25, 0.3) is 5.69 Å². The summed E-state index contributed by atoms with van der Waals surface area (Å²) in [7, 11) is 0. The Morgan fingerprint density at radius 2 is 1.81 bits per heavy atom. The van der Waals surface area contributed by atoms with E-state index in [0.29, 0.717) is 16.3 Å². The first-order chi connectivity index (χ1) is 10.1. The Bertz CT molecular complexity index is 655. The molecule has 0 atom stereocenters. The molecule has 2 rings (SSSR count). The van der Waals surface area contributed by atoms with E-state index in [0.717, 1.165) is 0 Å². The molecule has 0 bridgehead atoms. The second kappa shape index (κ2) is 6.85. The lowest BCUT2D eigenvalue weighted by Crippen LogP contribution is -2.09. The van der Waals surface area contributed by atoms with E-state index in [2.05, 4.69) is 0 Å². The number of nitrogens with zero attached hydrogens (tertiary/aromatic N) is 1. The molecule has 0 aromatic heterocycles. The average Bonchev–Trinajstić information content (AvgIpc) is 2.48. The molecule has 0 N–H and O–H groups in total. The predicted molar refractivity (Wildman–Crippen MR) is 78.5 cm³/mol. The van der Waals surface area contributed by atoms with Gasteiger partial charge in [-0.05, 0) is 30.7 Å². The second-order valence-electron chi connectivity index (χ2n) is 4.31. The monoisotopic (exact) mass is 305 g/mol. The van der Waals surface area contributed by atoms with Crippen LogP contribution in [0.5, 0.6) is 5.75 Å². The number of rotatable bonds is 5. The van der Waals surface area contributed by atoms with Gasteiger partial charge < -0.3 is 4.74 Å². The van der Waals surface area contributed by atoms with E-state index in [9.17, 15) is 14.9 Å². The molecule has 6 heteroatoms. The number of aryl methyl sites for hydroxylation is 1. The number of carbonyl (C=O) groups excluding carboxylic acids is 1. The summed E-state index contributed by atoms with van der Waals surface area (Å²) in [4.78, 5) is 22.1. The van der Waals surface area contributed by atoms with Crippen molar-refractivity contribution >= 4 is 23.3 Å². The summed E-state index contributed by atoms with van der Waals surface area (Å²) < 4.78 is 5.12. The number of nitro benzene ring substituents is 1. The predicted octanol–water partition coefficient (Wildman–Crippen LogP) is 3.79. The summed E-state index contributed by atoms with van der Waals surface area (Å²) in [5.74, 6) is -0.0533. The molecule has 0 spiro atoms. The molecule has 0 radical (unpaired) electrons. The van der Waals surface area contributed by atoms with E-state index in [1.807, 2.05) is 0 Å². The van der Waals surface area contributed by atoms with Crippen molar-refractivity contribution in [2.45, 2.75) is 12.8 Å². The Balaban J connectivity index is 1.95. The Labute approximate surface area is 126 Å². The molecule has 0 fully saturated rings. The molecule has 0 aliphatic carbocycles. The second-order valence-corrected chi connectivity index (χ2v) is 4.75. The van der Waals surface area contributed by atoms with Crippen molar-refractivity contribution in [2.75, 3.05) is 0 Å². The first kappa shape index (κ1) is 15.0. The molecule has 0 unspecified atom stereocenters. The minimum absolute atomic E-state index is 0.0109. The average molecular weight is 306 g/mol. The number of para-hydroxylation sites is 1. The lowest BCUT2D eigenvalue weighted by atomic mass is 10.1. The molecule has 2 aromatic carbocycles. The topological polar surface area (TPSA) is 69.4 Å². The highest BCUT2D eigenvalue weighted by Gasteiger charge is 2.14. The molecule has 0 aliphatic heterocycles. The fourth-order valence-corrected chi connectivity index (χ4v) is 1.95. The normalized spacial score (nSPS) is 10.1. The van der Waals surface area contributed by atoms with E-state index >= 15 is 0 Å². The summed E-state index contributed by atoms with van der Waals surface area (Å²) >= 11 is 5.73. The SMILES string of the molecule is O=C(CCc1ccccc1[N+](=O)[O-])Oc1ccc(Cl)cc1. The van der Waals surface area contributed by atoms with Gasteiger partial charge in [0.05, 0.1) is 11.3 Å². The van der Waals surface area contributed by atoms with Crippen LogP contribution in [0.4, 0.5) is 5.69 Å². The number of hydrogen-bond acceptors (Lipinski definition) is 4. The summed E-state index contributed by atoms with van der Waals surface area (Å²) in [6.07, 6.45) is 0.317. The fraction of sp³-hybridized carbons (Fsp3) is 0.133. The zero-order chi connectivity index (χ0) is 15.2. The zero-order valence-corrected chi connectivity index (χ0v) is 11.7. The van der Waals surface area contributed by atoms with Gasteiger partial charge in [-0.1, -0.05) is 29.8 Å². The van der Waals surface area contributed by atoms with Crippen LogP contribution in [0.2, 0.25) is 5.02 Å². The van der Waals surface area contributed by atoms with Crippen molar-refractivity contribution in [3.05, 3.63) is 69.2 Å². The zero-order valence-electron chi connectivity index (χ0n) is 11.0. The van der Waals surface area contributed by atoms with Crippen LogP contribution in [-0.4, -0.2) is 10.9 Å². The van der Waals surface area contributed by atoms with Crippen molar-refractivity contribution in [1.29, 1.82) is 0 Å². The lowest BCUT2D eigenvalue weighted by molar-refractivity contribution is -0.385. The minimum Gasteiger partial charge on any atom is -0.427 e. The number of hydrogen-bond donors (Lipinski definition) is 0. The van der Waals surface area contributed by atoms with Crippen molar-refractivity contribution in [2.24, 2.45) is 0 Å². The first-order valence-corrected chi connectivity index (χ1v) is 6.62. The number of carbonyl (C=O) groups is 1. The van der Waals surface area contributed by atoms with E-state index in [-0.39, 0.29) is 18.5 Å². The number of esters is 1. The molecule has 108 valence electrons. The van der Waals surface area contributed by atoms with Crippen LogP contribution in [0.25, 0.3) is 0 Å². The molecule has 21 heavy (non-hydrogen) atoms. The summed E-state index contributed by atoms with van der Waals surface area (Å²) in [6, 6.07) is 12.8. The van der Waals surface area contributed by atoms with Crippen LogP contribution in [-0.2, 0) is 11.2 Å². The number of nitro groups is 1. The van der Waals surface area contributed by atoms with Gasteiger partial charge in [0.2, 0.25) is 0 Å². The molecule has 0 heterocycles. The Kier molecular flexibility index (Phi) is 4.90. The van der Waals surface area contributed by atoms with E-state index in [1.54, 1.807) is 42.5 Å². The van der Waals surface area contributed by atoms with Gasteiger partial charge in [-0.2, -0.15) is 0 Å². The van der Waals surface area contributed by atoms with Gasteiger partial charge in [0.1, 0.15) is 5.75 Å². The van der Waals surface area contributed by atoms with Crippen LogP contribution in [0.1, 0.15) is 12.0 Å². The lowest BCUT2D eigenvalue weighted by Gasteiger charge is -2.05. The Hall–Kier alpha value is -2.40. The van der Waals surface area contributed by atoms with Crippen LogP contribution >= 0.6 is 11.6 Å². The number of benzene rings is 2. The maximum absolute atomic E-state index is 11.7. The van der Waals surface area contributed by atoms with Crippen LogP contribution in [0.3, 0.4) is 0 Å². The molecule has 5 nitrogen and oxygen atoms in total. The van der Waals surface area contributed by atoms with E-state index in [1.165, 1.54) is 6.07 Å². The molecule has 0 aliphatic rings. The van der Waals surface area contributed by atoms with E-state index < -0.39 is 10.9 Å². The Morgan fingerprint density at radius 3 is 2.48 bits per heavy atom. The fourth-order valence-electron chi connectivity index (χ4n) is 1.82.